The summed E-state index contributed by atoms with van der Waals surface area (Å²) < 4.78 is 14.4. The van der Waals surface area contributed by atoms with Gasteiger partial charge in [-0.2, -0.15) is 0 Å². The summed E-state index contributed by atoms with van der Waals surface area (Å²) in [6, 6.07) is 102. The van der Waals surface area contributed by atoms with Gasteiger partial charge in [0.2, 0.25) is 0 Å². The third-order valence-corrected chi connectivity index (χ3v) is 35.3. The molecule has 0 saturated carbocycles. The van der Waals surface area contributed by atoms with Gasteiger partial charge in [-0.1, -0.05) is 364 Å². The molecule has 18 rings (SSSR count). The Labute approximate surface area is 752 Å². The number of furan rings is 2. The molecule has 0 atom stereocenters. The molecule has 11 heteroatoms. The molecular weight excluding hydrogens is 1580 g/mol. The molecule has 0 fully saturated rings. The van der Waals surface area contributed by atoms with E-state index in [2.05, 4.69) is 476 Å². The van der Waals surface area contributed by atoms with E-state index in [0.29, 0.717) is 0 Å². The zero-order valence-electron chi connectivity index (χ0n) is 79.7. The normalized spacial score (nSPS) is 14.5. The molecule has 4 heterocycles. The zero-order chi connectivity index (χ0) is 89.3. The number of nitrogens with zero attached hydrogens (tertiary/aromatic N) is 4. The molecule has 0 radical (unpaired) electrons. The van der Waals surface area contributed by atoms with Gasteiger partial charge in [0, 0.05) is 78.6 Å². The van der Waals surface area contributed by atoms with E-state index in [9.17, 15) is 0 Å². The minimum atomic E-state index is -1.75. The highest BCUT2D eigenvalue weighted by Crippen LogP contribution is 2.60. The molecule has 125 heavy (non-hydrogen) atoms. The molecule has 6 nitrogen and oxygen atoms in total. The zero-order valence-corrected chi connectivity index (χ0v) is 83.7. The van der Waals surface area contributed by atoms with Crippen LogP contribution in [0.4, 0.5) is 68.2 Å². The van der Waals surface area contributed by atoms with Crippen molar-refractivity contribution in [2.24, 2.45) is 0 Å². The van der Waals surface area contributed by atoms with Crippen molar-refractivity contribution in [1.82, 2.24) is 0 Å². The maximum Gasteiger partial charge on any atom is 0.297 e. The van der Waals surface area contributed by atoms with Crippen LogP contribution in [0.2, 0.25) is 78.6 Å². The Kier molecular flexibility index (Phi) is 21.1. The molecule has 0 spiro atoms. The minimum absolute atomic E-state index is 0.0234. The molecule has 0 bridgehead atoms. The Hall–Kier alpha value is -10.7. The second kappa shape index (κ2) is 30.6. The molecule has 636 valence electrons. The number of fused-ring (bicyclic) bond motifs is 11. The summed E-state index contributed by atoms with van der Waals surface area (Å²) in [5.41, 5.74) is 34.5. The van der Waals surface area contributed by atoms with E-state index in [4.69, 9.17) is 8.83 Å². The lowest BCUT2D eigenvalue weighted by molar-refractivity contribution is 0.439. The SMILES string of the molecule is CC(C)(C)c1ccc(N(c2cc(N(c3ccc([Si](C)(C)C)cc3)c3ccc([Si](C)(C)C)cc3-c3ccccc3)cc(C(C)(C)C)c2)c2coc3c2-c2ccccc2C3(C)C)cc1.CC(C)(C)c1ccc(N2c3cc(C(C)(C)C)cc4c3B(c3cc([Si](C)(C)C)ccc3N4c3ccc([Si](C)(C)C)cc3-c3ccccc3)c3oc4c(c32)-c2ccccc2C4(C)C)cc1. The number of rotatable bonds is 14. The average Bonchev–Trinajstić information content (AvgIpc) is 1.55. The highest BCUT2D eigenvalue weighted by Gasteiger charge is 2.53. The second-order valence-corrected chi connectivity index (χ2v) is 65.5. The molecule has 14 aromatic rings. The first-order valence-corrected chi connectivity index (χ1v) is 59.5. The fourth-order valence-electron chi connectivity index (χ4n) is 19.5. The Balaban J connectivity index is 0.000000177. The van der Waals surface area contributed by atoms with Gasteiger partial charge in [-0.05, 0) is 201 Å². The Bertz CT molecular complexity index is 6500. The van der Waals surface area contributed by atoms with Crippen LogP contribution >= 0.6 is 0 Å². The smallest absolute Gasteiger partial charge is 0.297 e. The topological polar surface area (TPSA) is 39.2 Å². The molecule has 0 unspecified atom stereocenters. The first kappa shape index (κ1) is 86.5. The number of hydrogen-bond acceptors (Lipinski definition) is 6. The molecule has 0 amide bonds. The van der Waals surface area contributed by atoms with E-state index in [1.807, 2.05) is 6.26 Å². The molecule has 12 aromatic carbocycles. The van der Waals surface area contributed by atoms with Gasteiger partial charge in [-0.3, -0.25) is 0 Å². The Morgan fingerprint density at radius 3 is 1.24 bits per heavy atom. The first-order chi connectivity index (χ1) is 58.6. The van der Waals surface area contributed by atoms with Gasteiger partial charge >= 0.3 is 0 Å². The van der Waals surface area contributed by atoms with Crippen molar-refractivity contribution in [2.45, 2.75) is 222 Å². The fraction of sp³-hybridized carbons (Fsp3) is 0.298. The average molecular weight is 1710 g/mol. The van der Waals surface area contributed by atoms with Crippen molar-refractivity contribution in [3.8, 4) is 44.5 Å². The van der Waals surface area contributed by atoms with Crippen molar-refractivity contribution in [3.05, 3.63) is 318 Å². The highest BCUT2D eigenvalue weighted by atomic mass is 28.3. The van der Waals surface area contributed by atoms with Crippen molar-refractivity contribution in [1.29, 1.82) is 0 Å². The monoisotopic (exact) mass is 1710 g/mol. The maximum absolute atomic E-state index is 7.65. The summed E-state index contributed by atoms with van der Waals surface area (Å²) in [7, 11) is -6.64. The van der Waals surface area contributed by atoms with Gasteiger partial charge < -0.3 is 28.4 Å². The van der Waals surface area contributed by atoms with E-state index in [0.717, 1.165) is 57.0 Å². The van der Waals surface area contributed by atoms with Crippen molar-refractivity contribution in [2.75, 3.05) is 19.6 Å². The predicted octanol–water partition coefficient (Wildman–Crippen LogP) is 28.9. The number of benzene rings is 12. The third-order valence-electron chi connectivity index (χ3n) is 27.1. The second-order valence-electron chi connectivity index (χ2n) is 45.2. The van der Waals surface area contributed by atoms with Crippen LogP contribution in [0.3, 0.4) is 0 Å². The molecule has 4 aliphatic rings. The molecule has 0 N–H and O–H groups in total. The van der Waals surface area contributed by atoms with E-state index >= 15 is 0 Å². The van der Waals surface area contributed by atoms with Gasteiger partial charge in [0.05, 0.1) is 60.7 Å². The van der Waals surface area contributed by atoms with Gasteiger partial charge in [-0.25, -0.2) is 0 Å². The van der Waals surface area contributed by atoms with E-state index in [1.54, 1.807) is 0 Å². The van der Waals surface area contributed by atoms with Gasteiger partial charge in [0.1, 0.15) is 17.8 Å². The summed E-state index contributed by atoms with van der Waals surface area (Å²) in [5.74, 6) is 2.07. The largest absolute Gasteiger partial charge is 0.471 e. The molecule has 2 aromatic heterocycles. The lowest BCUT2D eigenvalue weighted by Crippen LogP contribution is -2.62. The van der Waals surface area contributed by atoms with Crippen LogP contribution in [0.1, 0.15) is 156 Å². The number of anilines is 12. The lowest BCUT2D eigenvalue weighted by atomic mass is 9.35. The van der Waals surface area contributed by atoms with Crippen LogP contribution in [0.15, 0.2) is 282 Å². The van der Waals surface area contributed by atoms with Crippen molar-refractivity contribution >= 4 is 145 Å². The van der Waals surface area contributed by atoms with Crippen molar-refractivity contribution in [3.63, 3.8) is 0 Å². The van der Waals surface area contributed by atoms with Crippen LogP contribution < -0.4 is 56.9 Å². The molecule has 2 aliphatic carbocycles. The van der Waals surface area contributed by atoms with Crippen LogP contribution in [-0.4, -0.2) is 39.0 Å². The third kappa shape index (κ3) is 15.5. The summed E-state index contributed by atoms with van der Waals surface area (Å²) >= 11 is 0. The highest BCUT2D eigenvalue weighted by molar-refractivity contribution is 7.00. The van der Waals surface area contributed by atoms with Gasteiger partial charge in [0.15, 0.2) is 0 Å². The minimum Gasteiger partial charge on any atom is -0.471 e. The summed E-state index contributed by atoms with van der Waals surface area (Å²) in [6.07, 6.45) is 2.00. The Morgan fingerprint density at radius 1 is 0.320 bits per heavy atom. The van der Waals surface area contributed by atoms with Crippen LogP contribution in [0.25, 0.3) is 44.5 Å². The van der Waals surface area contributed by atoms with Gasteiger partial charge in [0.25, 0.3) is 6.71 Å². The Morgan fingerprint density at radius 2 is 0.728 bits per heavy atom. The molecular formula is C114H129BN4O2Si4. The van der Waals surface area contributed by atoms with Gasteiger partial charge in [-0.15, -0.1) is 0 Å². The fourth-order valence-corrected chi connectivity index (χ4v) is 24.1. The van der Waals surface area contributed by atoms with Crippen LogP contribution in [-0.2, 0) is 32.5 Å². The van der Waals surface area contributed by atoms with Crippen LogP contribution in [0.5, 0.6) is 0 Å². The van der Waals surface area contributed by atoms with E-state index in [-0.39, 0.29) is 39.2 Å². The standard InChI is InChI=1S/C57H63BN2OSi2.C57H66N2OSi2/c1-55(2,3)37-24-26-39(27-25-37)59-48-32-38(56(4,5)6)33-49-51(48)58(54-52(59)50-42-22-18-19-23-44(42)57(7,8)53(50)61-54)45-35-41(63(12,13)14)29-31-47(45)60(49)46-30-28-40(62(9,10)11)34-43(46)36-20-16-15-17-21-36;1-55(2,3)40-24-26-42(27-25-40)59(52-38-60-54-53(52)48-22-18-19-23-50(48)57(54,7)8)45-35-41(56(4,5)6)34-44(36-45)58(43-28-30-46(31-29-43)61(9,10)11)51-33-32-47(62(12,13)14)37-49(51)39-20-16-15-17-21-39/h15-35H,1-14H3;15-38H,1-14H3. The summed E-state index contributed by atoms with van der Waals surface area (Å²) in [5, 5.41) is 5.81. The van der Waals surface area contributed by atoms with Crippen LogP contribution in [0, 0.1) is 0 Å². The van der Waals surface area contributed by atoms with E-state index < -0.39 is 32.3 Å². The summed E-state index contributed by atoms with van der Waals surface area (Å²) in [6.45, 7) is 66.4. The maximum atomic E-state index is 7.65. The quantitative estimate of drug-likeness (QED) is 0.101. The molecule has 2 aliphatic heterocycles. The van der Waals surface area contributed by atoms with Crippen molar-refractivity contribution < 1.29 is 8.83 Å². The molecule has 0 saturated heterocycles. The lowest BCUT2D eigenvalue weighted by Gasteiger charge is -2.44. The van der Waals surface area contributed by atoms with E-state index in [1.165, 1.54) is 138 Å². The number of hydrogen-bond donors (Lipinski definition) is 0. The summed E-state index contributed by atoms with van der Waals surface area (Å²) in [4.78, 5) is 10.2. The predicted molar refractivity (Wildman–Crippen MR) is 554 cm³/mol. The first-order valence-electron chi connectivity index (χ1n) is 45.5.